The third-order valence-electron chi connectivity index (χ3n) is 6.48. The van der Waals surface area contributed by atoms with E-state index in [2.05, 4.69) is 5.32 Å². The standard InChI is InChI=1S/C30H25ClF4N2O3S/c1-19(37(29-17-24(33)10-14-28(29)35)41(39,40)25-11-7-22(31)8-12-25)26-5-3-2-4-20(26)6-15-30(38)36-18-21-16-23(32)9-13-27(21)34/h2-5,7-14,16-17,19H,6,15,18H2,1H3,(H,36,38)/t19-/m1/s1. The molecule has 0 spiro atoms. The molecule has 4 rings (SSSR count). The van der Waals surface area contributed by atoms with Crippen molar-refractivity contribution in [1.29, 1.82) is 0 Å². The molecule has 1 atom stereocenters. The number of aryl methyl sites for hydroxylation is 1. The van der Waals surface area contributed by atoms with Gasteiger partial charge in [-0.1, -0.05) is 35.9 Å². The van der Waals surface area contributed by atoms with Crippen molar-refractivity contribution >= 4 is 33.2 Å². The van der Waals surface area contributed by atoms with Crippen molar-refractivity contribution in [2.45, 2.75) is 37.2 Å². The Balaban J connectivity index is 1.63. The molecule has 1 amide bonds. The van der Waals surface area contributed by atoms with Crippen LogP contribution in [0.25, 0.3) is 0 Å². The molecule has 0 bridgehead atoms. The smallest absolute Gasteiger partial charge is 0.264 e. The summed E-state index contributed by atoms with van der Waals surface area (Å²) >= 11 is 5.93. The van der Waals surface area contributed by atoms with Gasteiger partial charge in [-0.15, -0.1) is 0 Å². The lowest BCUT2D eigenvalue weighted by atomic mass is 9.97. The van der Waals surface area contributed by atoms with Crippen LogP contribution in [0.3, 0.4) is 0 Å². The molecule has 214 valence electrons. The first-order chi connectivity index (χ1) is 19.5. The Morgan fingerprint density at radius 2 is 1.49 bits per heavy atom. The lowest BCUT2D eigenvalue weighted by Crippen LogP contribution is -2.35. The summed E-state index contributed by atoms with van der Waals surface area (Å²) in [6, 6.07) is 16.4. The van der Waals surface area contributed by atoms with Gasteiger partial charge in [0.2, 0.25) is 5.91 Å². The van der Waals surface area contributed by atoms with Gasteiger partial charge in [0.25, 0.3) is 10.0 Å². The summed E-state index contributed by atoms with van der Waals surface area (Å²) in [5, 5.41) is 2.84. The second kappa shape index (κ2) is 12.7. The average Bonchev–Trinajstić information content (AvgIpc) is 2.94. The van der Waals surface area contributed by atoms with E-state index in [0.29, 0.717) is 16.1 Å². The van der Waals surface area contributed by atoms with Crippen LogP contribution in [0.2, 0.25) is 5.02 Å². The number of carbonyl (C=O) groups excluding carboxylic acids is 1. The van der Waals surface area contributed by atoms with Crippen LogP contribution in [-0.2, 0) is 27.8 Å². The molecule has 5 nitrogen and oxygen atoms in total. The summed E-state index contributed by atoms with van der Waals surface area (Å²) in [6.45, 7) is 1.32. The normalized spacial score (nSPS) is 12.1. The number of nitrogens with one attached hydrogen (secondary N) is 1. The van der Waals surface area contributed by atoms with Gasteiger partial charge in [0, 0.05) is 29.6 Å². The second-order valence-corrected chi connectivity index (χ2v) is 11.5. The minimum Gasteiger partial charge on any atom is -0.352 e. The number of benzene rings is 4. The molecule has 1 N–H and O–H groups in total. The molecule has 4 aromatic rings. The minimum absolute atomic E-state index is 0.00691. The molecular weight excluding hydrogens is 580 g/mol. The number of amides is 1. The summed E-state index contributed by atoms with van der Waals surface area (Å²) in [6.07, 6.45) is 0.0946. The highest BCUT2D eigenvalue weighted by molar-refractivity contribution is 7.92. The van der Waals surface area contributed by atoms with Gasteiger partial charge in [0.15, 0.2) is 0 Å². The summed E-state index contributed by atoms with van der Waals surface area (Å²) in [7, 11) is -4.43. The molecule has 0 fully saturated rings. The van der Waals surface area contributed by atoms with Crippen LogP contribution in [0.5, 0.6) is 0 Å². The molecule has 0 heterocycles. The number of halogens is 5. The van der Waals surface area contributed by atoms with Crippen molar-refractivity contribution in [1.82, 2.24) is 5.32 Å². The highest BCUT2D eigenvalue weighted by Crippen LogP contribution is 2.37. The zero-order chi connectivity index (χ0) is 29.7. The van der Waals surface area contributed by atoms with Crippen LogP contribution in [-0.4, -0.2) is 14.3 Å². The monoisotopic (exact) mass is 604 g/mol. The number of rotatable bonds is 10. The van der Waals surface area contributed by atoms with E-state index in [1.165, 1.54) is 31.2 Å². The SMILES string of the molecule is C[C@H](c1ccccc1CCC(=O)NCc1cc(F)ccc1F)N(c1cc(F)ccc1F)S(=O)(=O)c1ccc(Cl)cc1. The largest absolute Gasteiger partial charge is 0.352 e. The van der Waals surface area contributed by atoms with E-state index in [0.717, 1.165) is 40.7 Å². The third-order valence-corrected chi connectivity index (χ3v) is 8.63. The van der Waals surface area contributed by atoms with Crippen LogP contribution < -0.4 is 9.62 Å². The fourth-order valence-corrected chi connectivity index (χ4v) is 6.19. The lowest BCUT2D eigenvalue weighted by molar-refractivity contribution is -0.121. The zero-order valence-corrected chi connectivity index (χ0v) is 23.3. The lowest BCUT2D eigenvalue weighted by Gasteiger charge is -2.32. The number of hydrogen-bond donors (Lipinski definition) is 1. The fraction of sp³-hybridized carbons (Fsp3) is 0.167. The maximum Gasteiger partial charge on any atom is 0.264 e. The van der Waals surface area contributed by atoms with Crippen LogP contribution in [0.1, 0.15) is 36.1 Å². The van der Waals surface area contributed by atoms with Gasteiger partial charge >= 0.3 is 0 Å². The molecule has 0 aliphatic heterocycles. The summed E-state index contributed by atoms with van der Waals surface area (Å²) in [4.78, 5) is 12.4. The predicted octanol–water partition coefficient (Wildman–Crippen LogP) is 7.10. The number of hydrogen-bond acceptors (Lipinski definition) is 3. The molecule has 0 radical (unpaired) electrons. The van der Waals surface area contributed by atoms with Crippen molar-refractivity contribution in [3.05, 3.63) is 130 Å². The average molecular weight is 605 g/mol. The third kappa shape index (κ3) is 7.07. The van der Waals surface area contributed by atoms with Crippen molar-refractivity contribution in [2.75, 3.05) is 4.31 Å². The van der Waals surface area contributed by atoms with Crippen LogP contribution in [0.4, 0.5) is 23.2 Å². The van der Waals surface area contributed by atoms with Gasteiger partial charge in [0.1, 0.15) is 23.3 Å². The maximum atomic E-state index is 15.0. The second-order valence-electron chi connectivity index (χ2n) is 9.24. The number of nitrogens with zero attached hydrogens (tertiary/aromatic N) is 1. The quantitative estimate of drug-likeness (QED) is 0.196. The van der Waals surface area contributed by atoms with Crippen LogP contribution in [0, 0.1) is 23.3 Å². The Morgan fingerprint density at radius 3 is 2.20 bits per heavy atom. The molecule has 0 aliphatic rings. The van der Waals surface area contributed by atoms with Gasteiger partial charge < -0.3 is 5.32 Å². The van der Waals surface area contributed by atoms with E-state index in [1.54, 1.807) is 24.3 Å². The van der Waals surface area contributed by atoms with Gasteiger partial charge in [-0.3, -0.25) is 9.10 Å². The molecule has 0 aliphatic carbocycles. The zero-order valence-electron chi connectivity index (χ0n) is 21.8. The Hall–Kier alpha value is -3.89. The highest BCUT2D eigenvalue weighted by atomic mass is 35.5. The Morgan fingerprint density at radius 1 is 0.854 bits per heavy atom. The molecular formula is C30H25ClF4N2O3S. The van der Waals surface area contributed by atoms with Crippen molar-refractivity contribution in [3.8, 4) is 0 Å². The first-order valence-corrected chi connectivity index (χ1v) is 14.3. The molecule has 11 heteroatoms. The van der Waals surface area contributed by atoms with E-state index in [1.807, 2.05) is 0 Å². The molecule has 0 saturated heterocycles. The van der Waals surface area contributed by atoms with E-state index in [4.69, 9.17) is 11.6 Å². The van der Waals surface area contributed by atoms with Crippen LogP contribution in [0.15, 0.2) is 89.8 Å². The Labute approximate surface area is 240 Å². The van der Waals surface area contributed by atoms with Gasteiger partial charge in [0.05, 0.1) is 16.6 Å². The number of sulfonamides is 1. The van der Waals surface area contributed by atoms with E-state index in [9.17, 15) is 26.4 Å². The highest BCUT2D eigenvalue weighted by Gasteiger charge is 2.33. The predicted molar refractivity (Wildman–Crippen MR) is 149 cm³/mol. The summed E-state index contributed by atoms with van der Waals surface area (Å²) in [5.74, 6) is -3.51. The molecule has 4 aromatic carbocycles. The fourth-order valence-electron chi connectivity index (χ4n) is 4.43. The van der Waals surface area contributed by atoms with E-state index < -0.39 is 50.9 Å². The molecule has 0 unspecified atom stereocenters. The summed E-state index contributed by atoms with van der Waals surface area (Å²) in [5.41, 5.74) is 0.544. The Kier molecular flexibility index (Phi) is 9.35. The molecule has 0 saturated carbocycles. The molecule has 0 aromatic heterocycles. The van der Waals surface area contributed by atoms with Crippen molar-refractivity contribution in [3.63, 3.8) is 0 Å². The van der Waals surface area contributed by atoms with Gasteiger partial charge in [-0.2, -0.15) is 0 Å². The number of anilines is 1. The Bertz CT molecular complexity index is 1670. The topological polar surface area (TPSA) is 66.5 Å². The summed E-state index contributed by atoms with van der Waals surface area (Å²) < 4.78 is 85.1. The van der Waals surface area contributed by atoms with Crippen molar-refractivity contribution in [2.24, 2.45) is 0 Å². The molecule has 41 heavy (non-hydrogen) atoms. The van der Waals surface area contributed by atoms with E-state index in [-0.39, 0.29) is 29.8 Å². The first kappa shape index (κ1) is 30.1. The maximum absolute atomic E-state index is 15.0. The van der Waals surface area contributed by atoms with Crippen molar-refractivity contribution < 1.29 is 30.8 Å². The van der Waals surface area contributed by atoms with Gasteiger partial charge in [-0.05, 0) is 79.1 Å². The number of carbonyl (C=O) groups is 1. The first-order valence-electron chi connectivity index (χ1n) is 12.5. The van der Waals surface area contributed by atoms with Gasteiger partial charge in [-0.25, -0.2) is 26.0 Å². The van der Waals surface area contributed by atoms with Crippen LogP contribution >= 0.6 is 11.6 Å². The van der Waals surface area contributed by atoms with E-state index >= 15 is 4.39 Å². The minimum atomic E-state index is -4.43.